The van der Waals surface area contributed by atoms with E-state index in [1.165, 1.54) is 5.57 Å². The molecule has 1 fully saturated rings. The highest BCUT2D eigenvalue weighted by Gasteiger charge is 2.45. The van der Waals surface area contributed by atoms with Gasteiger partial charge in [-0.15, -0.1) is 0 Å². The summed E-state index contributed by atoms with van der Waals surface area (Å²) in [4.78, 5) is 13.5. The van der Waals surface area contributed by atoms with Crippen molar-refractivity contribution in [1.82, 2.24) is 0 Å². The minimum Gasteiger partial charge on any atom is -0.150 e. The van der Waals surface area contributed by atoms with E-state index in [2.05, 4.69) is 35.1 Å². The van der Waals surface area contributed by atoms with E-state index < -0.39 is 0 Å². The van der Waals surface area contributed by atoms with Gasteiger partial charge in [0.25, 0.3) is 0 Å². The zero-order valence-electron chi connectivity index (χ0n) is 10.6. The first kappa shape index (κ1) is 13.7. The maximum atomic E-state index is 10.7. The molecule has 1 saturated carbocycles. The second-order valence-corrected chi connectivity index (χ2v) is 5.16. The number of hydrogen-bond acceptors (Lipinski definition) is 3. The van der Waals surface area contributed by atoms with E-state index in [0.717, 1.165) is 32.1 Å². The first-order chi connectivity index (χ1) is 8.12. The fourth-order valence-electron chi connectivity index (χ4n) is 2.03. The van der Waals surface area contributed by atoms with Crippen molar-refractivity contribution in [2.75, 3.05) is 6.54 Å². The smallest absolute Gasteiger partial charge is 0.103 e. The van der Waals surface area contributed by atoms with Crippen LogP contribution in [0.2, 0.25) is 0 Å². The summed E-state index contributed by atoms with van der Waals surface area (Å²) in [6.45, 7) is 4.61. The van der Waals surface area contributed by atoms with E-state index in [9.17, 15) is 4.91 Å². The van der Waals surface area contributed by atoms with Crippen LogP contribution in [0.4, 0.5) is 0 Å². The number of nitroso groups, excluding NO2 is 1. The van der Waals surface area contributed by atoms with Gasteiger partial charge in [-0.05, 0) is 57.4 Å². The van der Waals surface area contributed by atoms with Crippen LogP contribution in [0.1, 0.15) is 46.0 Å². The minimum atomic E-state index is -0.333. The van der Waals surface area contributed by atoms with Gasteiger partial charge in [0.2, 0.25) is 0 Å². The Kier molecular flexibility index (Phi) is 5.16. The Balaban J connectivity index is 2.45. The van der Waals surface area contributed by atoms with Crippen LogP contribution in [0.3, 0.4) is 0 Å². The lowest BCUT2D eigenvalue weighted by atomic mass is 9.93. The van der Waals surface area contributed by atoms with Gasteiger partial charge in [-0.25, -0.2) is 0 Å². The average molecular weight is 236 g/mol. The first-order valence-electron chi connectivity index (χ1n) is 6.10. The SMILES string of the molecule is CC(C)=CCCC(CN=[N+]=[N-])CC1(N=O)CC1. The maximum Gasteiger partial charge on any atom is 0.103 e. The van der Waals surface area contributed by atoms with Crippen molar-refractivity contribution in [3.05, 3.63) is 27.0 Å². The van der Waals surface area contributed by atoms with Gasteiger partial charge in [-0.3, -0.25) is 0 Å². The van der Waals surface area contributed by atoms with Crippen LogP contribution in [-0.4, -0.2) is 12.1 Å². The molecule has 0 N–H and O–H groups in total. The second kappa shape index (κ2) is 6.40. The van der Waals surface area contributed by atoms with Gasteiger partial charge in [0.1, 0.15) is 5.54 Å². The summed E-state index contributed by atoms with van der Waals surface area (Å²) in [6, 6.07) is 0. The second-order valence-electron chi connectivity index (χ2n) is 5.16. The lowest BCUT2D eigenvalue weighted by Crippen LogP contribution is -2.15. The molecule has 0 heterocycles. The van der Waals surface area contributed by atoms with Gasteiger partial charge in [0.15, 0.2) is 0 Å². The fourth-order valence-corrected chi connectivity index (χ4v) is 2.03. The van der Waals surface area contributed by atoms with Crippen molar-refractivity contribution in [2.24, 2.45) is 16.2 Å². The molecule has 17 heavy (non-hydrogen) atoms. The third kappa shape index (κ3) is 5.00. The van der Waals surface area contributed by atoms with Gasteiger partial charge >= 0.3 is 0 Å². The molecule has 0 aromatic heterocycles. The highest BCUT2D eigenvalue weighted by Crippen LogP contribution is 2.45. The molecule has 5 nitrogen and oxygen atoms in total. The monoisotopic (exact) mass is 236 g/mol. The molecule has 0 amide bonds. The molecule has 1 aliphatic carbocycles. The lowest BCUT2D eigenvalue weighted by molar-refractivity contribution is 0.406. The standard InChI is InChI=1S/C12H20N4O/c1-10(2)4-3-5-11(9-14-16-13)8-12(15-17)6-7-12/h4,11H,3,5-9H2,1-2H3. The number of azide groups is 1. The average Bonchev–Trinajstić information content (AvgIpc) is 3.06. The molecular weight excluding hydrogens is 216 g/mol. The summed E-state index contributed by atoms with van der Waals surface area (Å²) in [5, 5.41) is 6.85. The zero-order chi connectivity index (χ0) is 12.7. The Morgan fingerprint density at radius 2 is 2.24 bits per heavy atom. The molecule has 1 aliphatic rings. The third-order valence-corrected chi connectivity index (χ3v) is 3.22. The van der Waals surface area contributed by atoms with Crippen LogP contribution in [0.25, 0.3) is 10.4 Å². The highest BCUT2D eigenvalue weighted by molar-refractivity contribution is 5.03. The van der Waals surface area contributed by atoms with E-state index in [-0.39, 0.29) is 11.5 Å². The van der Waals surface area contributed by atoms with Crippen LogP contribution < -0.4 is 0 Å². The molecule has 94 valence electrons. The van der Waals surface area contributed by atoms with Crippen molar-refractivity contribution in [2.45, 2.75) is 51.5 Å². The number of allylic oxidation sites excluding steroid dienone is 2. The largest absolute Gasteiger partial charge is 0.150 e. The minimum absolute atomic E-state index is 0.279. The molecule has 1 unspecified atom stereocenters. The maximum absolute atomic E-state index is 10.7. The van der Waals surface area contributed by atoms with Gasteiger partial charge < -0.3 is 0 Å². The van der Waals surface area contributed by atoms with Gasteiger partial charge in [0.05, 0.1) is 0 Å². The van der Waals surface area contributed by atoms with E-state index in [1.807, 2.05) is 0 Å². The van der Waals surface area contributed by atoms with Crippen LogP contribution >= 0.6 is 0 Å². The molecule has 0 aromatic rings. The molecule has 1 atom stereocenters. The van der Waals surface area contributed by atoms with Gasteiger partial charge in [0, 0.05) is 11.5 Å². The fraction of sp³-hybridized carbons (Fsp3) is 0.833. The summed E-state index contributed by atoms with van der Waals surface area (Å²) in [6.07, 6.45) is 6.67. The highest BCUT2D eigenvalue weighted by atomic mass is 16.3. The summed E-state index contributed by atoms with van der Waals surface area (Å²) in [5.74, 6) is 0.279. The zero-order valence-corrected chi connectivity index (χ0v) is 10.6. The molecule has 5 heteroatoms. The predicted octanol–water partition coefficient (Wildman–Crippen LogP) is 4.35. The molecule has 0 saturated heterocycles. The molecule has 0 aliphatic heterocycles. The Bertz CT molecular complexity index is 336. The van der Waals surface area contributed by atoms with Crippen LogP contribution in [0, 0.1) is 10.8 Å². The molecule has 0 radical (unpaired) electrons. The Morgan fingerprint density at radius 1 is 1.53 bits per heavy atom. The summed E-state index contributed by atoms with van der Waals surface area (Å²) >= 11 is 0. The number of nitrogens with zero attached hydrogens (tertiary/aromatic N) is 4. The lowest BCUT2D eigenvalue weighted by Gasteiger charge is -2.16. The van der Waals surface area contributed by atoms with Crippen molar-refractivity contribution < 1.29 is 0 Å². The van der Waals surface area contributed by atoms with E-state index >= 15 is 0 Å². The number of rotatable bonds is 8. The summed E-state index contributed by atoms with van der Waals surface area (Å²) in [7, 11) is 0. The summed E-state index contributed by atoms with van der Waals surface area (Å²) < 4.78 is 0. The predicted molar refractivity (Wildman–Crippen MR) is 68.5 cm³/mol. The Morgan fingerprint density at radius 3 is 2.71 bits per heavy atom. The van der Waals surface area contributed by atoms with Crippen molar-refractivity contribution >= 4 is 0 Å². The Labute approximate surface area is 102 Å². The van der Waals surface area contributed by atoms with Crippen LogP contribution in [0.5, 0.6) is 0 Å². The van der Waals surface area contributed by atoms with Crippen LogP contribution in [0.15, 0.2) is 21.9 Å². The van der Waals surface area contributed by atoms with Gasteiger partial charge in [-0.2, -0.15) is 4.91 Å². The van der Waals surface area contributed by atoms with Crippen LogP contribution in [-0.2, 0) is 0 Å². The molecule has 0 aromatic carbocycles. The molecule has 1 rings (SSSR count). The van der Waals surface area contributed by atoms with Crippen molar-refractivity contribution in [3.8, 4) is 0 Å². The normalized spacial score (nSPS) is 17.8. The third-order valence-electron chi connectivity index (χ3n) is 3.22. The Hall–Kier alpha value is -1.35. The molecule has 0 bridgehead atoms. The molecule has 0 spiro atoms. The van der Waals surface area contributed by atoms with E-state index in [4.69, 9.17) is 5.53 Å². The van der Waals surface area contributed by atoms with E-state index in [0.29, 0.717) is 6.54 Å². The summed E-state index contributed by atoms with van der Waals surface area (Å²) in [5.41, 5.74) is 9.32. The quantitative estimate of drug-likeness (QED) is 0.203. The first-order valence-corrected chi connectivity index (χ1v) is 6.10. The van der Waals surface area contributed by atoms with E-state index in [1.54, 1.807) is 0 Å². The van der Waals surface area contributed by atoms with Gasteiger partial charge in [-0.1, -0.05) is 21.9 Å². The topological polar surface area (TPSA) is 78.2 Å². The van der Waals surface area contributed by atoms with Crippen molar-refractivity contribution in [3.63, 3.8) is 0 Å². The van der Waals surface area contributed by atoms with Crippen molar-refractivity contribution in [1.29, 1.82) is 0 Å². The molecular formula is C12H20N4O. The number of hydrogen-bond donors (Lipinski definition) is 0.